The van der Waals surface area contributed by atoms with E-state index in [9.17, 15) is 9.18 Å². The lowest BCUT2D eigenvalue weighted by atomic mass is 10.0. The Morgan fingerprint density at radius 2 is 1.96 bits per heavy atom. The lowest BCUT2D eigenvalue weighted by molar-refractivity contribution is -0.143. The van der Waals surface area contributed by atoms with Gasteiger partial charge in [-0.3, -0.25) is 4.79 Å². The van der Waals surface area contributed by atoms with Gasteiger partial charge in [-0.1, -0.05) is 42.5 Å². The SMILES string of the molecule is O=C(C(Cc1ccccc1)n1cnnn1)N1CCOC(c2ccc(F)cc2)C1. The second-order valence-corrected chi connectivity index (χ2v) is 6.69. The number of aromatic nitrogens is 4. The minimum atomic E-state index is -0.538. The van der Waals surface area contributed by atoms with E-state index in [1.165, 1.54) is 23.1 Å². The summed E-state index contributed by atoms with van der Waals surface area (Å²) in [6.45, 7) is 1.31. The van der Waals surface area contributed by atoms with Crippen LogP contribution >= 0.6 is 0 Å². The van der Waals surface area contributed by atoms with E-state index in [0.29, 0.717) is 26.1 Å². The average Bonchev–Trinajstić information content (AvgIpc) is 3.27. The topological polar surface area (TPSA) is 73.1 Å². The number of rotatable bonds is 5. The highest BCUT2D eigenvalue weighted by Crippen LogP contribution is 2.25. The van der Waals surface area contributed by atoms with E-state index in [0.717, 1.165) is 11.1 Å². The molecule has 0 bridgehead atoms. The molecule has 1 saturated heterocycles. The van der Waals surface area contributed by atoms with E-state index in [-0.39, 0.29) is 17.8 Å². The zero-order valence-electron chi connectivity index (χ0n) is 15.2. The molecule has 1 amide bonds. The van der Waals surface area contributed by atoms with Crippen molar-refractivity contribution in [2.75, 3.05) is 19.7 Å². The first-order valence-electron chi connectivity index (χ1n) is 9.13. The highest BCUT2D eigenvalue weighted by atomic mass is 19.1. The Labute approximate surface area is 161 Å². The van der Waals surface area contributed by atoms with E-state index in [4.69, 9.17) is 4.74 Å². The Morgan fingerprint density at radius 1 is 1.18 bits per heavy atom. The molecule has 7 nitrogen and oxygen atoms in total. The Morgan fingerprint density at radius 3 is 2.68 bits per heavy atom. The summed E-state index contributed by atoms with van der Waals surface area (Å²) in [5.41, 5.74) is 1.88. The Balaban J connectivity index is 1.53. The number of hydrogen-bond acceptors (Lipinski definition) is 5. The number of halogens is 1. The minimum Gasteiger partial charge on any atom is -0.370 e. The molecule has 0 spiro atoms. The Hall–Kier alpha value is -3.13. The summed E-state index contributed by atoms with van der Waals surface area (Å²) in [5, 5.41) is 11.3. The first-order valence-corrected chi connectivity index (χ1v) is 9.13. The van der Waals surface area contributed by atoms with E-state index in [1.807, 2.05) is 30.3 Å². The lowest BCUT2D eigenvalue weighted by Crippen LogP contribution is -2.46. The molecule has 0 saturated carbocycles. The van der Waals surface area contributed by atoms with Crippen molar-refractivity contribution in [3.63, 3.8) is 0 Å². The second kappa shape index (κ2) is 8.26. The van der Waals surface area contributed by atoms with Gasteiger partial charge in [-0.05, 0) is 33.7 Å². The second-order valence-electron chi connectivity index (χ2n) is 6.69. The van der Waals surface area contributed by atoms with Crippen LogP contribution in [0.4, 0.5) is 4.39 Å². The third kappa shape index (κ3) is 4.07. The van der Waals surface area contributed by atoms with Crippen molar-refractivity contribution < 1.29 is 13.9 Å². The fourth-order valence-electron chi connectivity index (χ4n) is 3.38. The fourth-order valence-corrected chi connectivity index (χ4v) is 3.38. The van der Waals surface area contributed by atoms with Crippen LogP contribution in [0, 0.1) is 5.82 Å². The number of amides is 1. The molecule has 144 valence electrons. The molecule has 0 N–H and O–H groups in total. The van der Waals surface area contributed by atoms with Gasteiger partial charge in [0.2, 0.25) is 5.91 Å². The van der Waals surface area contributed by atoms with Gasteiger partial charge in [-0.2, -0.15) is 0 Å². The van der Waals surface area contributed by atoms with Crippen molar-refractivity contribution in [1.29, 1.82) is 0 Å². The van der Waals surface area contributed by atoms with Crippen LogP contribution in [0.2, 0.25) is 0 Å². The summed E-state index contributed by atoms with van der Waals surface area (Å²) in [4.78, 5) is 15.1. The average molecular weight is 381 g/mol. The van der Waals surface area contributed by atoms with Crippen LogP contribution in [-0.2, 0) is 16.0 Å². The van der Waals surface area contributed by atoms with E-state index >= 15 is 0 Å². The smallest absolute Gasteiger partial charge is 0.248 e. The van der Waals surface area contributed by atoms with Gasteiger partial charge in [-0.15, -0.1) is 5.10 Å². The van der Waals surface area contributed by atoms with Gasteiger partial charge in [0, 0.05) is 13.0 Å². The molecular formula is C20H20FN5O2. The number of tetrazole rings is 1. The number of benzene rings is 2. The van der Waals surface area contributed by atoms with E-state index in [2.05, 4.69) is 15.5 Å². The Kier molecular flexibility index (Phi) is 5.38. The first kappa shape index (κ1) is 18.2. The molecular weight excluding hydrogens is 361 g/mol. The van der Waals surface area contributed by atoms with Gasteiger partial charge in [-0.25, -0.2) is 9.07 Å². The molecule has 2 heterocycles. The van der Waals surface area contributed by atoms with Crippen LogP contribution in [0.3, 0.4) is 0 Å². The van der Waals surface area contributed by atoms with Gasteiger partial charge < -0.3 is 9.64 Å². The van der Waals surface area contributed by atoms with Gasteiger partial charge in [0.1, 0.15) is 24.3 Å². The predicted molar refractivity (Wildman–Crippen MR) is 98.7 cm³/mol. The predicted octanol–water partition coefficient (Wildman–Crippen LogP) is 2.20. The van der Waals surface area contributed by atoms with Crippen LogP contribution in [0.25, 0.3) is 0 Å². The van der Waals surface area contributed by atoms with Crippen molar-refractivity contribution in [3.05, 3.63) is 77.9 Å². The standard InChI is InChI=1S/C20H20FN5O2/c21-17-8-6-16(7-9-17)19-13-25(10-11-28-19)20(27)18(26-14-22-23-24-26)12-15-4-2-1-3-5-15/h1-9,14,18-19H,10-13H2. The third-order valence-corrected chi connectivity index (χ3v) is 4.86. The quantitative estimate of drug-likeness (QED) is 0.677. The molecule has 28 heavy (non-hydrogen) atoms. The highest BCUT2D eigenvalue weighted by Gasteiger charge is 2.32. The summed E-state index contributed by atoms with van der Waals surface area (Å²) in [7, 11) is 0. The van der Waals surface area contributed by atoms with Crippen LogP contribution in [0.1, 0.15) is 23.3 Å². The molecule has 1 fully saturated rings. The van der Waals surface area contributed by atoms with E-state index in [1.54, 1.807) is 17.0 Å². The highest BCUT2D eigenvalue weighted by molar-refractivity contribution is 5.80. The largest absolute Gasteiger partial charge is 0.370 e. The maximum absolute atomic E-state index is 13.3. The third-order valence-electron chi connectivity index (χ3n) is 4.86. The van der Waals surface area contributed by atoms with Gasteiger partial charge in [0.15, 0.2) is 0 Å². The lowest BCUT2D eigenvalue weighted by Gasteiger charge is -2.35. The molecule has 1 aromatic heterocycles. The van der Waals surface area contributed by atoms with Crippen LogP contribution in [-0.4, -0.2) is 50.7 Å². The molecule has 4 rings (SSSR count). The van der Waals surface area contributed by atoms with Crippen molar-refractivity contribution in [2.24, 2.45) is 0 Å². The van der Waals surface area contributed by atoms with Crippen LogP contribution in [0.5, 0.6) is 0 Å². The number of ether oxygens (including phenoxy) is 1. The summed E-state index contributed by atoms with van der Waals surface area (Å²) >= 11 is 0. The van der Waals surface area contributed by atoms with Gasteiger partial charge in [0.25, 0.3) is 0 Å². The van der Waals surface area contributed by atoms with E-state index < -0.39 is 6.04 Å². The monoisotopic (exact) mass is 381 g/mol. The molecule has 3 aromatic rings. The number of hydrogen-bond donors (Lipinski definition) is 0. The maximum Gasteiger partial charge on any atom is 0.248 e. The number of nitrogens with zero attached hydrogens (tertiary/aromatic N) is 5. The number of carbonyl (C=O) groups excluding carboxylic acids is 1. The molecule has 2 aromatic carbocycles. The zero-order valence-corrected chi connectivity index (χ0v) is 15.2. The molecule has 8 heteroatoms. The normalized spacial score (nSPS) is 18.0. The Bertz CT molecular complexity index is 902. The van der Waals surface area contributed by atoms with Crippen molar-refractivity contribution >= 4 is 5.91 Å². The van der Waals surface area contributed by atoms with Crippen molar-refractivity contribution in [1.82, 2.24) is 25.1 Å². The van der Waals surface area contributed by atoms with Crippen molar-refractivity contribution in [2.45, 2.75) is 18.6 Å². The summed E-state index contributed by atoms with van der Waals surface area (Å²) in [6, 6.07) is 15.4. The number of carbonyl (C=O) groups is 1. The molecule has 0 aliphatic carbocycles. The summed E-state index contributed by atoms with van der Waals surface area (Å²) in [5.74, 6) is -0.360. The summed E-state index contributed by atoms with van der Waals surface area (Å²) < 4.78 is 20.5. The molecule has 2 unspecified atom stereocenters. The van der Waals surface area contributed by atoms with Crippen LogP contribution in [0.15, 0.2) is 60.9 Å². The molecule has 0 radical (unpaired) electrons. The molecule has 2 atom stereocenters. The minimum absolute atomic E-state index is 0.0634. The van der Waals surface area contributed by atoms with Crippen LogP contribution < -0.4 is 0 Å². The zero-order chi connectivity index (χ0) is 19.3. The molecule has 1 aliphatic heterocycles. The fraction of sp³-hybridized carbons (Fsp3) is 0.300. The number of morpholine rings is 1. The van der Waals surface area contributed by atoms with Gasteiger partial charge in [0.05, 0.1) is 13.2 Å². The van der Waals surface area contributed by atoms with Crippen molar-refractivity contribution in [3.8, 4) is 0 Å². The summed E-state index contributed by atoms with van der Waals surface area (Å²) in [6.07, 6.45) is 1.66. The first-order chi connectivity index (χ1) is 13.7. The van der Waals surface area contributed by atoms with Gasteiger partial charge >= 0.3 is 0 Å². The molecule has 1 aliphatic rings. The maximum atomic E-state index is 13.3.